The van der Waals surface area contributed by atoms with Crippen LogP contribution in [0.4, 0.5) is 0 Å². The van der Waals surface area contributed by atoms with Gasteiger partial charge in [-0.2, -0.15) is 0 Å². The molecule has 0 aromatic heterocycles. The summed E-state index contributed by atoms with van der Waals surface area (Å²) in [6.07, 6.45) is 6.98. The van der Waals surface area contributed by atoms with Gasteiger partial charge in [0, 0.05) is 20.2 Å². The van der Waals surface area contributed by atoms with E-state index in [2.05, 4.69) is 24.1 Å². The average molecular weight is 155 g/mol. The van der Waals surface area contributed by atoms with E-state index in [9.17, 15) is 0 Å². The summed E-state index contributed by atoms with van der Waals surface area (Å²) >= 11 is 0. The SMILES string of the molecule is CO[C@H]1/C=C\CCN(C)CC1. The van der Waals surface area contributed by atoms with Gasteiger partial charge in [0.25, 0.3) is 0 Å². The number of rotatable bonds is 1. The van der Waals surface area contributed by atoms with Crippen LogP contribution in [0.2, 0.25) is 0 Å². The van der Waals surface area contributed by atoms with E-state index in [0.29, 0.717) is 6.10 Å². The van der Waals surface area contributed by atoms with Crippen molar-refractivity contribution in [3.63, 3.8) is 0 Å². The molecule has 0 N–H and O–H groups in total. The summed E-state index contributed by atoms with van der Waals surface area (Å²) in [5.41, 5.74) is 0. The van der Waals surface area contributed by atoms with Gasteiger partial charge in [0.05, 0.1) is 6.10 Å². The van der Waals surface area contributed by atoms with Gasteiger partial charge in [-0.25, -0.2) is 0 Å². The van der Waals surface area contributed by atoms with Crippen molar-refractivity contribution in [3.05, 3.63) is 12.2 Å². The summed E-state index contributed by atoms with van der Waals surface area (Å²) in [6, 6.07) is 0. The van der Waals surface area contributed by atoms with Crippen LogP contribution in [-0.2, 0) is 4.74 Å². The molecule has 2 nitrogen and oxygen atoms in total. The van der Waals surface area contributed by atoms with E-state index in [-0.39, 0.29) is 0 Å². The van der Waals surface area contributed by atoms with Gasteiger partial charge < -0.3 is 9.64 Å². The van der Waals surface area contributed by atoms with Crippen LogP contribution >= 0.6 is 0 Å². The third-order valence-corrected chi connectivity index (χ3v) is 2.13. The molecule has 2 heteroatoms. The van der Waals surface area contributed by atoms with Gasteiger partial charge in [-0.15, -0.1) is 0 Å². The lowest BCUT2D eigenvalue weighted by atomic mass is 10.1. The van der Waals surface area contributed by atoms with Crippen LogP contribution in [0.5, 0.6) is 0 Å². The zero-order valence-corrected chi connectivity index (χ0v) is 7.42. The smallest absolute Gasteiger partial charge is 0.0764 e. The fourth-order valence-electron chi connectivity index (χ4n) is 1.30. The molecular formula is C9H17NO. The van der Waals surface area contributed by atoms with Crippen LogP contribution in [0, 0.1) is 0 Å². The van der Waals surface area contributed by atoms with E-state index in [4.69, 9.17) is 4.74 Å². The molecule has 1 heterocycles. The highest BCUT2D eigenvalue weighted by Crippen LogP contribution is 2.05. The van der Waals surface area contributed by atoms with E-state index in [1.807, 2.05) is 0 Å². The van der Waals surface area contributed by atoms with Gasteiger partial charge in [0.2, 0.25) is 0 Å². The summed E-state index contributed by atoms with van der Waals surface area (Å²) in [5.74, 6) is 0. The van der Waals surface area contributed by atoms with Crippen molar-refractivity contribution in [2.24, 2.45) is 0 Å². The molecule has 1 atom stereocenters. The standard InChI is InChI=1S/C9H17NO/c1-10-7-4-3-5-9(11-2)6-8-10/h3,5,9H,4,6-8H2,1-2H3/b5-3-/t9-/m0/s1. The fraction of sp³-hybridized carbons (Fsp3) is 0.778. The lowest BCUT2D eigenvalue weighted by Gasteiger charge is -2.20. The zero-order valence-electron chi connectivity index (χ0n) is 7.42. The Morgan fingerprint density at radius 3 is 3.00 bits per heavy atom. The maximum absolute atomic E-state index is 5.26. The van der Waals surface area contributed by atoms with Crippen LogP contribution in [-0.4, -0.2) is 38.3 Å². The Balaban J connectivity index is 2.39. The number of hydrogen-bond donors (Lipinski definition) is 0. The van der Waals surface area contributed by atoms with Crippen molar-refractivity contribution in [2.75, 3.05) is 27.2 Å². The summed E-state index contributed by atoms with van der Waals surface area (Å²) in [4.78, 5) is 2.34. The predicted octanol–water partition coefficient (Wildman–Crippen LogP) is 1.28. The summed E-state index contributed by atoms with van der Waals surface area (Å²) < 4.78 is 5.26. The summed E-state index contributed by atoms with van der Waals surface area (Å²) in [7, 11) is 3.93. The maximum Gasteiger partial charge on any atom is 0.0764 e. The second kappa shape index (κ2) is 4.52. The largest absolute Gasteiger partial charge is 0.377 e. The minimum absolute atomic E-state index is 0.331. The van der Waals surface area contributed by atoms with Crippen molar-refractivity contribution >= 4 is 0 Å². The molecule has 0 unspecified atom stereocenters. The van der Waals surface area contributed by atoms with E-state index < -0.39 is 0 Å². The zero-order chi connectivity index (χ0) is 8.10. The molecule has 0 saturated carbocycles. The molecule has 64 valence electrons. The molecule has 1 rings (SSSR count). The topological polar surface area (TPSA) is 12.5 Å². The van der Waals surface area contributed by atoms with Gasteiger partial charge in [-0.05, 0) is 19.9 Å². The number of methoxy groups -OCH3 is 1. The molecule has 1 aliphatic heterocycles. The Bertz CT molecular complexity index is 134. The molecular weight excluding hydrogens is 138 g/mol. The monoisotopic (exact) mass is 155 g/mol. The van der Waals surface area contributed by atoms with Gasteiger partial charge in [-0.3, -0.25) is 0 Å². The number of ether oxygens (including phenoxy) is 1. The Morgan fingerprint density at radius 1 is 1.45 bits per heavy atom. The third kappa shape index (κ3) is 3.04. The summed E-state index contributed by atoms with van der Waals surface area (Å²) in [5, 5.41) is 0. The highest BCUT2D eigenvalue weighted by atomic mass is 16.5. The Hall–Kier alpha value is -0.340. The van der Waals surface area contributed by atoms with Crippen molar-refractivity contribution in [1.82, 2.24) is 4.90 Å². The minimum atomic E-state index is 0.331. The van der Waals surface area contributed by atoms with Crippen LogP contribution in [0.15, 0.2) is 12.2 Å². The minimum Gasteiger partial charge on any atom is -0.377 e. The third-order valence-electron chi connectivity index (χ3n) is 2.13. The number of nitrogens with zero attached hydrogens (tertiary/aromatic N) is 1. The molecule has 0 saturated heterocycles. The van der Waals surface area contributed by atoms with E-state index in [0.717, 1.165) is 19.4 Å². The fourth-order valence-corrected chi connectivity index (χ4v) is 1.30. The van der Waals surface area contributed by atoms with Crippen molar-refractivity contribution in [3.8, 4) is 0 Å². The van der Waals surface area contributed by atoms with E-state index in [1.165, 1.54) is 6.54 Å². The lowest BCUT2D eigenvalue weighted by molar-refractivity contribution is 0.120. The first kappa shape index (κ1) is 8.75. The second-order valence-corrected chi connectivity index (χ2v) is 3.08. The van der Waals surface area contributed by atoms with Crippen LogP contribution in [0.1, 0.15) is 12.8 Å². The van der Waals surface area contributed by atoms with Gasteiger partial charge in [-0.1, -0.05) is 12.2 Å². The summed E-state index contributed by atoms with van der Waals surface area (Å²) in [6.45, 7) is 2.32. The Morgan fingerprint density at radius 2 is 2.27 bits per heavy atom. The Kier molecular flexibility index (Phi) is 3.60. The highest BCUT2D eigenvalue weighted by molar-refractivity contribution is 4.91. The molecule has 1 aliphatic rings. The molecule has 0 radical (unpaired) electrons. The van der Waals surface area contributed by atoms with Crippen LogP contribution < -0.4 is 0 Å². The van der Waals surface area contributed by atoms with Gasteiger partial charge in [0.1, 0.15) is 0 Å². The first-order valence-electron chi connectivity index (χ1n) is 4.21. The molecule has 0 fully saturated rings. The van der Waals surface area contributed by atoms with Crippen LogP contribution in [0.3, 0.4) is 0 Å². The van der Waals surface area contributed by atoms with Crippen molar-refractivity contribution < 1.29 is 4.74 Å². The normalized spacial score (nSPS) is 30.9. The molecule has 0 aromatic carbocycles. The maximum atomic E-state index is 5.26. The van der Waals surface area contributed by atoms with Gasteiger partial charge in [0.15, 0.2) is 0 Å². The van der Waals surface area contributed by atoms with Gasteiger partial charge >= 0.3 is 0 Å². The quantitative estimate of drug-likeness (QED) is 0.529. The lowest BCUT2D eigenvalue weighted by Crippen LogP contribution is -2.25. The molecule has 0 aromatic rings. The van der Waals surface area contributed by atoms with Crippen molar-refractivity contribution in [2.45, 2.75) is 18.9 Å². The Labute approximate surface area is 68.8 Å². The van der Waals surface area contributed by atoms with Crippen LogP contribution in [0.25, 0.3) is 0 Å². The molecule has 0 aliphatic carbocycles. The predicted molar refractivity (Wildman–Crippen MR) is 46.7 cm³/mol. The highest BCUT2D eigenvalue weighted by Gasteiger charge is 2.07. The first-order valence-corrected chi connectivity index (χ1v) is 4.21. The van der Waals surface area contributed by atoms with Crippen molar-refractivity contribution in [1.29, 1.82) is 0 Å². The first-order chi connectivity index (χ1) is 5.33. The molecule has 0 bridgehead atoms. The average Bonchev–Trinajstić information content (AvgIpc) is 1.98. The number of hydrogen-bond acceptors (Lipinski definition) is 2. The molecule has 11 heavy (non-hydrogen) atoms. The molecule has 0 spiro atoms. The van der Waals surface area contributed by atoms with E-state index >= 15 is 0 Å². The van der Waals surface area contributed by atoms with E-state index in [1.54, 1.807) is 7.11 Å². The molecule has 0 amide bonds. The second-order valence-electron chi connectivity index (χ2n) is 3.08.